The number of carbonyl (C=O) groups excluding carboxylic acids is 2. The predicted molar refractivity (Wildman–Crippen MR) is 97.5 cm³/mol. The maximum Gasteiger partial charge on any atom is 0.263 e. The van der Waals surface area contributed by atoms with Gasteiger partial charge in [-0.05, 0) is 55.3 Å². The van der Waals surface area contributed by atoms with Crippen molar-refractivity contribution in [2.24, 2.45) is 5.92 Å². The fourth-order valence-electron chi connectivity index (χ4n) is 3.05. The van der Waals surface area contributed by atoms with Gasteiger partial charge in [-0.15, -0.1) is 11.3 Å². The molecule has 1 aliphatic heterocycles. The average Bonchev–Trinajstić information content (AvgIpc) is 3.13. The van der Waals surface area contributed by atoms with Gasteiger partial charge in [-0.1, -0.05) is 18.2 Å². The summed E-state index contributed by atoms with van der Waals surface area (Å²) in [6, 6.07) is 9.63. The molecule has 24 heavy (non-hydrogen) atoms. The number of hydrogen-bond acceptors (Lipinski definition) is 3. The van der Waals surface area contributed by atoms with E-state index in [2.05, 4.69) is 5.32 Å². The van der Waals surface area contributed by atoms with Crippen molar-refractivity contribution in [3.05, 3.63) is 51.7 Å². The Labute approximate surface area is 146 Å². The maximum absolute atomic E-state index is 12.6. The Kier molecular flexibility index (Phi) is 5.00. The minimum Gasteiger partial charge on any atom is -0.337 e. The van der Waals surface area contributed by atoms with Crippen molar-refractivity contribution in [2.75, 3.05) is 18.4 Å². The highest BCUT2D eigenvalue weighted by Crippen LogP contribution is 2.23. The molecule has 0 spiro atoms. The van der Waals surface area contributed by atoms with Crippen molar-refractivity contribution in [2.45, 2.75) is 26.7 Å². The molecule has 2 heterocycles. The lowest BCUT2D eigenvalue weighted by atomic mass is 9.96. The molecule has 1 aromatic carbocycles. The van der Waals surface area contributed by atoms with Gasteiger partial charge in [-0.2, -0.15) is 0 Å². The molecule has 126 valence electrons. The molecule has 3 rings (SSSR count). The van der Waals surface area contributed by atoms with Gasteiger partial charge < -0.3 is 10.2 Å². The zero-order chi connectivity index (χ0) is 17.1. The standard InChI is InChI=1S/C19H22N2O2S/c1-13-6-3-8-16(14(13)2)20-18(22)15-7-4-10-21(12-15)19(23)17-9-5-11-24-17/h3,5-6,8-9,11,15H,4,7,10,12H2,1-2H3,(H,20,22). The third-order valence-electron chi connectivity index (χ3n) is 4.67. The molecular weight excluding hydrogens is 320 g/mol. The highest BCUT2D eigenvalue weighted by Gasteiger charge is 2.29. The van der Waals surface area contributed by atoms with Crippen LogP contribution in [0.1, 0.15) is 33.6 Å². The minimum absolute atomic E-state index is 0.00683. The van der Waals surface area contributed by atoms with E-state index in [-0.39, 0.29) is 17.7 Å². The maximum atomic E-state index is 12.6. The number of piperidine rings is 1. The van der Waals surface area contributed by atoms with E-state index in [1.54, 1.807) is 0 Å². The number of thiophene rings is 1. The van der Waals surface area contributed by atoms with Gasteiger partial charge in [0.15, 0.2) is 0 Å². The summed E-state index contributed by atoms with van der Waals surface area (Å²) in [6.07, 6.45) is 1.69. The lowest BCUT2D eigenvalue weighted by molar-refractivity contribution is -0.121. The highest BCUT2D eigenvalue weighted by atomic mass is 32.1. The molecular formula is C19H22N2O2S. The first-order valence-corrected chi connectivity index (χ1v) is 9.14. The van der Waals surface area contributed by atoms with Crippen molar-refractivity contribution >= 4 is 28.8 Å². The highest BCUT2D eigenvalue weighted by molar-refractivity contribution is 7.12. The van der Waals surface area contributed by atoms with E-state index in [0.29, 0.717) is 6.54 Å². The zero-order valence-electron chi connectivity index (χ0n) is 14.0. The quantitative estimate of drug-likeness (QED) is 0.921. The van der Waals surface area contributed by atoms with Gasteiger partial charge in [0.05, 0.1) is 10.8 Å². The molecule has 2 amide bonds. The van der Waals surface area contributed by atoms with Crippen LogP contribution in [0.15, 0.2) is 35.7 Å². The van der Waals surface area contributed by atoms with E-state index in [0.717, 1.165) is 41.1 Å². The monoisotopic (exact) mass is 342 g/mol. The first-order chi connectivity index (χ1) is 11.6. The summed E-state index contributed by atoms with van der Waals surface area (Å²) >= 11 is 1.45. The first-order valence-electron chi connectivity index (χ1n) is 8.26. The van der Waals surface area contributed by atoms with Crippen molar-refractivity contribution < 1.29 is 9.59 Å². The fourth-order valence-corrected chi connectivity index (χ4v) is 3.74. The van der Waals surface area contributed by atoms with E-state index < -0.39 is 0 Å². The SMILES string of the molecule is Cc1cccc(NC(=O)C2CCCN(C(=O)c3cccs3)C2)c1C. The number of carbonyl (C=O) groups is 2. The lowest BCUT2D eigenvalue weighted by Crippen LogP contribution is -2.43. The molecule has 1 saturated heterocycles. The Hall–Kier alpha value is -2.14. The molecule has 4 nitrogen and oxygen atoms in total. The Morgan fingerprint density at radius 2 is 2.04 bits per heavy atom. The molecule has 1 unspecified atom stereocenters. The Balaban J connectivity index is 1.67. The van der Waals surface area contributed by atoms with Crippen molar-refractivity contribution in [1.29, 1.82) is 0 Å². The van der Waals surface area contributed by atoms with Crippen LogP contribution in [0.2, 0.25) is 0 Å². The van der Waals surface area contributed by atoms with Crippen molar-refractivity contribution in [3.8, 4) is 0 Å². The number of nitrogens with one attached hydrogen (secondary N) is 1. The van der Waals surface area contributed by atoms with E-state index >= 15 is 0 Å². The topological polar surface area (TPSA) is 49.4 Å². The second kappa shape index (κ2) is 7.18. The molecule has 1 N–H and O–H groups in total. The molecule has 5 heteroatoms. The van der Waals surface area contributed by atoms with Crippen LogP contribution in [-0.2, 0) is 4.79 Å². The van der Waals surface area contributed by atoms with Gasteiger partial charge in [-0.25, -0.2) is 0 Å². The Bertz CT molecular complexity index is 740. The van der Waals surface area contributed by atoms with Crippen LogP contribution in [0.3, 0.4) is 0 Å². The fraction of sp³-hybridized carbons (Fsp3) is 0.368. The smallest absolute Gasteiger partial charge is 0.263 e. The molecule has 0 radical (unpaired) electrons. The van der Waals surface area contributed by atoms with E-state index in [1.807, 2.05) is 54.5 Å². The summed E-state index contributed by atoms with van der Waals surface area (Å²) in [5, 5.41) is 4.95. The van der Waals surface area contributed by atoms with Crippen LogP contribution in [0, 0.1) is 19.8 Å². The summed E-state index contributed by atoms with van der Waals surface area (Å²) in [6.45, 7) is 5.27. The van der Waals surface area contributed by atoms with Gasteiger partial charge in [0, 0.05) is 18.8 Å². The summed E-state index contributed by atoms with van der Waals surface area (Å²) in [5.74, 6) is -0.107. The number of benzene rings is 1. The molecule has 1 aliphatic rings. The van der Waals surface area contributed by atoms with Crippen LogP contribution >= 0.6 is 11.3 Å². The molecule has 1 fully saturated rings. The van der Waals surface area contributed by atoms with Gasteiger partial charge in [-0.3, -0.25) is 9.59 Å². The first kappa shape index (κ1) is 16.7. The Morgan fingerprint density at radius 3 is 2.79 bits per heavy atom. The summed E-state index contributed by atoms with van der Waals surface area (Å²) < 4.78 is 0. The van der Waals surface area contributed by atoms with Gasteiger partial charge in [0.25, 0.3) is 5.91 Å². The number of likely N-dealkylation sites (tertiary alicyclic amines) is 1. The number of rotatable bonds is 3. The van der Waals surface area contributed by atoms with Crippen molar-refractivity contribution in [3.63, 3.8) is 0 Å². The van der Waals surface area contributed by atoms with Crippen LogP contribution < -0.4 is 5.32 Å². The Morgan fingerprint density at radius 1 is 1.21 bits per heavy atom. The number of nitrogens with zero attached hydrogens (tertiary/aromatic N) is 1. The average molecular weight is 342 g/mol. The van der Waals surface area contributed by atoms with E-state index in [4.69, 9.17) is 0 Å². The van der Waals surface area contributed by atoms with Crippen LogP contribution in [-0.4, -0.2) is 29.8 Å². The molecule has 0 saturated carbocycles. The van der Waals surface area contributed by atoms with Gasteiger partial charge in [0.2, 0.25) is 5.91 Å². The van der Waals surface area contributed by atoms with E-state index in [1.165, 1.54) is 11.3 Å². The number of amides is 2. The third kappa shape index (κ3) is 3.51. The minimum atomic E-state index is -0.150. The molecule has 1 atom stereocenters. The van der Waals surface area contributed by atoms with E-state index in [9.17, 15) is 9.59 Å². The lowest BCUT2D eigenvalue weighted by Gasteiger charge is -2.32. The molecule has 0 bridgehead atoms. The number of aryl methyl sites for hydroxylation is 1. The third-order valence-corrected chi connectivity index (χ3v) is 5.53. The van der Waals surface area contributed by atoms with Crippen LogP contribution in [0.5, 0.6) is 0 Å². The molecule has 0 aliphatic carbocycles. The molecule has 2 aromatic rings. The number of anilines is 1. The summed E-state index contributed by atoms with van der Waals surface area (Å²) in [7, 11) is 0. The largest absolute Gasteiger partial charge is 0.337 e. The zero-order valence-corrected chi connectivity index (χ0v) is 14.9. The van der Waals surface area contributed by atoms with Crippen LogP contribution in [0.4, 0.5) is 5.69 Å². The number of hydrogen-bond donors (Lipinski definition) is 1. The second-order valence-electron chi connectivity index (χ2n) is 6.30. The predicted octanol–water partition coefficient (Wildman–Crippen LogP) is 3.86. The summed E-state index contributed by atoms with van der Waals surface area (Å²) in [5.41, 5.74) is 3.11. The van der Waals surface area contributed by atoms with Gasteiger partial charge in [0.1, 0.15) is 0 Å². The normalized spacial score (nSPS) is 17.6. The second-order valence-corrected chi connectivity index (χ2v) is 7.25. The van der Waals surface area contributed by atoms with Gasteiger partial charge >= 0.3 is 0 Å². The van der Waals surface area contributed by atoms with Crippen molar-refractivity contribution in [1.82, 2.24) is 4.90 Å². The van der Waals surface area contributed by atoms with Crippen LogP contribution in [0.25, 0.3) is 0 Å². The summed E-state index contributed by atoms with van der Waals surface area (Å²) in [4.78, 5) is 27.7. The molecule has 1 aromatic heterocycles.